The maximum absolute atomic E-state index is 13.3. The van der Waals surface area contributed by atoms with Gasteiger partial charge in [-0.3, -0.25) is 14.0 Å². The van der Waals surface area contributed by atoms with E-state index in [1.54, 1.807) is 10.6 Å². The van der Waals surface area contributed by atoms with Crippen LogP contribution in [-0.2, 0) is 0 Å². The van der Waals surface area contributed by atoms with Crippen LogP contribution in [0.4, 0.5) is 5.69 Å². The van der Waals surface area contributed by atoms with Gasteiger partial charge in [0, 0.05) is 24.5 Å². The lowest BCUT2D eigenvalue weighted by atomic mass is 10.00. The van der Waals surface area contributed by atoms with Crippen molar-refractivity contribution in [2.24, 2.45) is 0 Å². The number of amides is 2. The summed E-state index contributed by atoms with van der Waals surface area (Å²) in [5.41, 5.74) is 2.61. The Morgan fingerprint density at radius 2 is 1.93 bits per heavy atom. The highest BCUT2D eigenvalue weighted by Crippen LogP contribution is 2.23. The summed E-state index contributed by atoms with van der Waals surface area (Å²) in [7, 11) is 0. The van der Waals surface area contributed by atoms with E-state index in [9.17, 15) is 9.59 Å². The topological polar surface area (TPSA) is 66.7 Å². The normalized spacial score (nSPS) is 16.8. The summed E-state index contributed by atoms with van der Waals surface area (Å²) in [6.07, 6.45) is 5.90. The number of fused-ring (bicyclic) bond motifs is 1. The molecule has 0 saturated carbocycles. The van der Waals surface area contributed by atoms with Crippen LogP contribution in [0, 0.1) is 6.92 Å². The maximum atomic E-state index is 13.3. The molecule has 1 aliphatic rings. The number of piperidine rings is 1. The molecule has 6 nitrogen and oxygen atoms in total. The molecule has 3 heterocycles. The Morgan fingerprint density at radius 3 is 2.72 bits per heavy atom. The molecular formula is C23H26N4O2. The van der Waals surface area contributed by atoms with E-state index in [1.807, 2.05) is 54.3 Å². The smallest absolute Gasteiger partial charge is 0.290 e. The average Bonchev–Trinajstić information content (AvgIpc) is 3.14. The quantitative estimate of drug-likeness (QED) is 0.722. The molecule has 1 atom stereocenters. The second-order valence-electron chi connectivity index (χ2n) is 7.57. The minimum atomic E-state index is -0.312. The molecule has 29 heavy (non-hydrogen) atoms. The van der Waals surface area contributed by atoms with E-state index in [0.717, 1.165) is 43.5 Å². The standard InChI is InChI=1S/C23H26N4O2/c1-3-17-11-6-8-14-26(17)23(29)21-25-20(19-13-7-9-15-27(19)21)22(28)24-18-12-5-4-10-16(18)2/h4-5,7,9-10,12-13,15,17H,3,6,8,11,14H2,1-2H3,(H,24,28). The Balaban J connectivity index is 1.71. The van der Waals surface area contributed by atoms with E-state index in [1.165, 1.54) is 0 Å². The van der Waals surface area contributed by atoms with Gasteiger partial charge < -0.3 is 10.2 Å². The Morgan fingerprint density at radius 1 is 1.14 bits per heavy atom. The second-order valence-corrected chi connectivity index (χ2v) is 7.57. The van der Waals surface area contributed by atoms with Gasteiger partial charge in [-0.05, 0) is 56.4 Å². The molecule has 2 aromatic heterocycles. The fraction of sp³-hybridized carbons (Fsp3) is 0.348. The van der Waals surface area contributed by atoms with Crippen LogP contribution in [0.25, 0.3) is 5.52 Å². The van der Waals surface area contributed by atoms with Crippen LogP contribution >= 0.6 is 0 Å². The van der Waals surface area contributed by atoms with Crippen LogP contribution in [0.1, 0.15) is 59.3 Å². The average molecular weight is 390 g/mol. The van der Waals surface area contributed by atoms with Gasteiger partial charge in [-0.2, -0.15) is 0 Å². The number of aromatic nitrogens is 2. The van der Waals surface area contributed by atoms with Crippen LogP contribution in [-0.4, -0.2) is 38.7 Å². The van der Waals surface area contributed by atoms with Crippen molar-refractivity contribution in [3.05, 3.63) is 65.7 Å². The van der Waals surface area contributed by atoms with E-state index in [2.05, 4.69) is 17.2 Å². The van der Waals surface area contributed by atoms with Crippen molar-refractivity contribution in [1.29, 1.82) is 0 Å². The molecule has 1 unspecified atom stereocenters. The lowest BCUT2D eigenvalue weighted by Gasteiger charge is -2.34. The molecule has 1 aliphatic heterocycles. The summed E-state index contributed by atoms with van der Waals surface area (Å²) in [4.78, 5) is 32.8. The van der Waals surface area contributed by atoms with Crippen molar-refractivity contribution in [3.8, 4) is 0 Å². The minimum absolute atomic E-state index is 0.104. The molecule has 2 amide bonds. The first-order chi connectivity index (χ1) is 14.1. The summed E-state index contributed by atoms with van der Waals surface area (Å²) >= 11 is 0. The molecular weight excluding hydrogens is 364 g/mol. The number of rotatable bonds is 4. The first-order valence-corrected chi connectivity index (χ1v) is 10.2. The van der Waals surface area contributed by atoms with Crippen molar-refractivity contribution in [1.82, 2.24) is 14.3 Å². The number of hydrogen-bond donors (Lipinski definition) is 1. The zero-order chi connectivity index (χ0) is 20.4. The number of carbonyl (C=O) groups excluding carboxylic acids is 2. The van der Waals surface area contributed by atoms with Gasteiger partial charge in [0.05, 0.1) is 5.52 Å². The number of aryl methyl sites for hydroxylation is 1. The summed E-state index contributed by atoms with van der Waals surface area (Å²) < 4.78 is 1.73. The molecule has 1 aromatic carbocycles. The van der Waals surface area contributed by atoms with Gasteiger partial charge in [-0.1, -0.05) is 31.2 Å². The number of hydrogen-bond acceptors (Lipinski definition) is 3. The van der Waals surface area contributed by atoms with E-state index >= 15 is 0 Å². The number of carbonyl (C=O) groups is 2. The molecule has 4 rings (SSSR count). The van der Waals surface area contributed by atoms with Gasteiger partial charge in [0.1, 0.15) is 0 Å². The molecule has 6 heteroatoms. The summed E-state index contributed by atoms with van der Waals surface area (Å²) in [5.74, 6) is -0.115. The molecule has 1 fully saturated rings. The second kappa shape index (κ2) is 8.07. The fourth-order valence-electron chi connectivity index (χ4n) is 4.07. The lowest BCUT2D eigenvalue weighted by Crippen LogP contribution is -2.44. The van der Waals surface area contributed by atoms with Gasteiger partial charge in [0.25, 0.3) is 11.8 Å². The van der Waals surface area contributed by atoms with E-state index in [-0.39, 0.29) is 23.6 Å². The molecule has 0 radical (unpaired) electrons. The van der Waals surface area contributed by atoms with Crippen molar-refractivity contribution in [2.75, 3.05) is 11.9 Å². The van der Waals surface area contributed by atoms with E-state index in [4.69, 9.17) is 0 Å². The van der Waals surface area contributed by atoms with Crippen molar-refractivity contribution >= 4 is 23.0 Å². The summed E-state index contributed by atoms with van der Waals surface area (Å²) in [6.45, 7) is 4.79. The zero-order valence-corrected chi connectivity index (χ0v) is 16.9. The molecule has 0 spiro atoms. The Hall–Kier alpha value is -3.15. The predicted octanol–water partition coefficient (Wildman–Crippen LogP) is 4.30. The number of imidazole rings is 1. The fourth-order valence-corrected chi connectivity index (χ4v) is 4.07. The number of likely N-dealkylation sites (tertiary alicyclic amines) is 1. The number of nitrogens with zero attached hydrogens (tertiary/aromatic N) is 3. The van der Waals surface area contributed by atoms with Gasteiger partial charge in [0.2, 0.25) is 5.82 Å². The summed E-state index contributed by atoms with van der Waals surface area (Å²) in [6, 6.07) is 13.4. The van der Waals surface area contributed by atoms with Gasteiger partial charge in [-0.15, -0.1) is 0 Å². The Labute approximate surface area is 170 Å². The monoisotopic (exact) mass is 390 g/mol. The van der Waals surface area contributed by atoms with Crippen molar-refractivity contribution in [2.45, 2.75) is 45.6 Å². The summed E-state index contributed by atoms with van der Waals surface area (Å²) in [5, 5.41) is 2.93. The van der Waals surface area contributed by atoms with Crippen LogP contribution in [0.15, 0.2) is 48.7 Å². The Kier molecular flexibility index (Phi) is 5.34. The lowest BCUT2D eigenvalue weighted by molar-refractivity contribution is 0.0594. The highest BCUT2D eigenvalue weighted by atomic mass is 16.2. The van der Waals surface area contributed by atoms with Gasteiger partial charge in [0.15, 0.2) is 5.69 Å². The highest BCUT2D eigenvalue weighted by Gasteiger charge is 2.30. The SMILES string of the molecule is CCC1CCCCN1C(=O)c1nc(C(=O)Nc2ccccc2C)c2ccccn12. The number of pyridine rings is 1. The molecule has 150 valence electrons. The third kappa shape index (κ3) is 3.62. The van der Waals surface area contributed by atoms with Crippen LogP contribution in [0.3, 0.4) is 0 Å². The zero-order valence-electron chi connectivity index (χ0n) is 16.9. The third-order valence-corrected chi connectivity index (χ3v) is 5.71. The van der Waals surface area contributed by atoms with Gasteiger partial charge >= 0.3 is 0 Å². The molecule has 3 aromatic rings. The molecule has 1 N–H and O–H groups in total. The first-order valence-electron chi connectivity index (χ1n) is 10.2. The van der Waals surface area contributed by atoms with Gasteiger partial charge in [-0.25, -0.2) is 4.98 Å². The third-order valence-electron chi connectivity index (χ3n) is 5.71. The largest absolute Gasteiger partial charge is 0.333 e. The van der Waals surface area contributed by atoms with Crippen molar-refractivity contribution in [3.63, 3.8) is 0 Å². The number of anilines is 1. The minimum Gasteiger partial charge on any atom is -0.333 e. The highest BCUT2D eigenvalue weighted by molar-refractivity contribution is 6.09. The van der Waals surface area contributed by atoms with Crippen LogP contribution in [0.5, 0.6) is 0 Å². The Bertz CT molecular complexity index is 1060. The van der Waals surface area contributed by atoms with Crippen molar-refractivity contribution < 1.29 is 9.59 Å². The van der Waals surface area contributed by atoms with Crippen LogP contribution < -0.4 is 5.32 Å². The first kappa shape index (κ1) is 19.2. The van der Waals surface area contributed by atoms with E-state index < -0.39 is 0 Å². The van der Waals surface area contributed by atoms with E-state index in [0.29, 0.717) is 11.3 Å². The number of para-hydroxylation sites is 1. The maximum Gasteiger partial charge on any atom is 0.290 e. The molecule has 0 aliphatic carbocycles. The predicted molar refractivity (Wildman–Crippen MR) is 113 cm³/mol. The molecule has 0 bridgehead atoms. The number of nitrogens with one attached hydrogen (secondary N) is 1. The van der Waals surface area contributed by atoms with Crippen LogP contribution in [0.2, 0.25) is 0 Å². The number of benzene rings is 1. The molecule has 1 saturated heterocycles.